The maximum Gasteiger partial charge on any atom is 0.223 e. The van der Waals surface area contributed by atoms with E-state index in [1.807, 2.05) is 62.6 Å². The number of carbonyl (C=O) groups excluding carboxylic acids is 1. The summed E-state index contributed by atoms with van der Waals surface area (Å²) in [6, 6.07) is 14.4. The molecule has 5 N–H and O–H groups in total. The Labute approximate surface area is 397 Å². The molecule has 352 valence electrons. The van der Waals surface area contributed by atoms with Crippen LogP contribution in [0.2, 0.25) is 51.4 Å². The molecule has 6 aromatic rings. The van der Waals surface area contributed by atoms with Crippen LogP contribution in [0.4, 0.5) is 23.3 Å². The van der Waals surface area contributed by atoms with Crippen molar-refractivity contribution in [2.45, 2.75) is 135 Å². The molecule has 15 nitrogen and oxygen atoms in total. The van der Waals surface area contributed by atoms with E-state index in [0.717, 1.165) is 106 Å². The van der Waals surface area contributed by atoms with Gasteiger partial charge in [-0.25, -0.2) is 29.6 Å². The summed E-state index contributed by atoms with van der Waals surface area (Å²) in [6.07, 6.45) is 11.8. The number of anilines is 2. The molecule has 1 amide bonds. The van der Waals surface area contributed by atoms with Crippen molar-refractivity contribution < 1.29 is 14.3 Å². The quantitative estimate of drug-likeness (QED) is 0.0392. The van der Waals surface area contributed by atoms with Gasteiger partial charge in [-0.05, 0) is 74.9 Å². The van der Waals surface area contributed by atoms with Crippen molar-refractivity contribution in [2.24, 2.45) is 5.73 Å². The molecule has 2 fully saturated rings. The third kappa shape index (κ3) is 12.3. The van der Waals surface area contributed by atoms with Gasteiger partial charge < -0.3 is 40.3 Å². The molecule has 8 rings (SSSR count). The number of rotatable bonds is 17. The maximum atomic E-state index is 11.4. The van der Waals surface area contributed by atoms with Crippen LogP contribution in [0, 0.1) is 27.0 Å². The first-order chi connectivity index (χ1) is 31.9. The number of aryl methyl sites for hydroxylation is 2. The highest BCUT2D eigenvalue weighted by Gasteiger charge is 2.32. The molecular formula is C50H66N12O3Si2. The van der Waals surface area contributed by atoms with Gasteiger partial charge in [-0.15, -0.1) is 0 Å². The standard InChI is InChI=1S/C26H34N6O2Si.C24H32N6OSi/c1-17-14-28-26(30-23-10-9-22(23)29-18(2)33)31-25(17)21-15-32(16-34-11-12-35(4,5)6)24-13-19(27-3)7-8-20(21)24;1-16-13-27-24(28-21-9-8-20(21)25)29-23(16)19-14-30(15-31-10-11-32(3,4)5)22-12-17(26-2)6-7-18(19)22/h7-8,13-15,22-23H,9-12,16H2,1-2,4-6H3,(H,29,33)(H,28,30,31);6-7,12-14,20-21H,8-11,15,25H2,1,3-5H3,(H,27,28,29)/t22-,23-;20-,21-/m00/s1. The van der Waals surface area contributed by atoms with Crippen molar-refractivity contribution in [3.05, 3.63) is 95.1 Å². The van der Waals surface area contributed by atoms with E-state index in [2.05, 4.69) is 96.4 Å². The number of carbonyl (C=O) groups is 1. The number of nitrogens with one attached hydrogen (secondary N) is 3. The minimum absolute atomic E-state index is 0.0225. The van der Waals surface area contributed by atoms with E-state index in [9.17, 15) is 4.79 Å². The number of nitrogens with two attached hydrogens (primary N) is 1. The third-order valence-electron chi connectivity index (χ3n) is 12.5. The topological polar surface area (TPSA) is 168 Å². The zero-order chi connectivity index (χ0) is 48.0. The smallest absolute Gasteiger partial charge is 0.223 e. The molecule has 2 aliphatic carbocycles. The van der Waals surface area contributed by atoms with Gasteiger partial charge in [0, 0.05) is 118 Å². The third-order valence-corrected chi connectivity index (χ3v) is 15.9. The molecule has 4 atom stereocenters. The van der Waals surface area contributed by atoms with Gasteiger partial charge in [0.25, 0.3) is 0 Å². The molecular weight excluding hydrogens is 873 g/mol. The SMILES string of the molecule is [C-]#[N+]c1ccc2c(-c3nc(N[C@H]4CC[C@@H]4N)ncc3C)cn(COCC[Si](C)(C)C)c2c1.[C-]#[N+]c1ccc2c(-c3nc(N[C@H]4CC[C@@H]4NC(C)=O)ncc3C)cn(COCC[Si](C)(C)C)c2c1. The summed E-state index contributed by atoms with van der Waals surface area (Å²) < 4.78 is 16.2. The Morgan fingerprint density at radius 3 is 1.54 bits per heavy atom. The lowest BCUT2D eigenvalue weighted by Crippen LogP contribution is -2.53. The highest BCUT2D eigenvalue weighted by molar-refractivity contribution is 6.76. The monoisotopic (exact) mass is 938 g/mol. The zero-order valence-corrected chi connectivity index (χ0v) is 42.5. The zero-order valence-electron chi connectivity index (χ0n) is 40.5. The molecule has 0 saturated heterocycles. The van der Waals surface area contributed by atoms with E-state index < -0.39 is 16.1 Å². The first kappa shape index (κ1) is 49.0. The summed E-state index contributed by atoms with van der Waals surface area (Å²) in [4.78, 5) is 37.4. The van der Waals surface area contributed by atoms with Crippen molar-refractivity contribution in [3.8, 4) is 22.5 Å². The normalized spacial score (nSPS) is 18.0. The second kappa shape index (κ2) is 20.9. The summed E-state index contributed by atoms with van der Waals surface area (Å²) in [6.45, 7) is 36.8. The summed E-state index contributed by atoms with van der Waals surface area (Å²) in [7, 11) is -2.32. The fourth-order valence-corrected chi connectivity index (χ4v) is 9.60. The van der Waals surface area contributed by atoms with Crippen LogP contribution >= 0.6 is 0 Å². The average molecular weight is 939 g/mol. The second-order valence-corrected chi connectivity index (χ2v) is 31.7. The summed E-state index contributed by atoms with van der Waals surface area (Å²) in [5.41, 5.74) is 14.9. The van der Waals surface area contributed by atoms with Gasteiger partial charge in [-0.2, -0.15) is 0 Å². The predicted octanol–water partition coefficient (Wildman–Crippen LogP) is 10.5. The fraction of sp³-hybridized carbons (Fsp3) is 0.460. The van der Waals surface area contributed by atoms with Gasteiger partial charge in [-0.1, -0.05) is 63.5 Å². The number of ether oxygens (including phenoxy) is 2. The number of aromatic nitrogens is 6. The summed E-state index contributed by atoms with van der Waals surface area (Å²) >= 11 is 0. The van der Waals surface area contributed by atoms with E-state index in [0.29, 0.717) is 36.7 Å². The van der Waals surface area contributed by atoms with Crippen molar-refractivity contribution in [2.75, 3.05) is 23.8 Å². The van der Waals surface area contributed by atoms with Crippen molar-refractivity contribution in [1.82, 2.24) is 34.4 Å². The Bertz CT molecular complexity index is 2810. The van der Waals surface area contributed by atoms with Gasteiger partial charge in [0.1, 0.15) is 13.5 Å². The van der Waals surface area contributed by atoms with Crippen molar-refractivity contribution in [3.63, 3.8) is 0 Å². The largest absolute Gasteiger partial charge is 0.361 e. The molecule has 2 aliphatic rings. The molecule has 67 heavy (non-hydrogen) atoms. The number of amides is 1. The van der Waals surface area contributed by atoms with Crippen LogP contribution in [-0.4, -0.2) is 88.5 Å². The lowest BCUT2D eigenvalue weighted by atomic mass is 9.86. The first-order valence-corrected chi connectivity index (χ1v) is 30.7. The maximum absolute atomic E-state index is 11.4. The molecule has 4 heterocycles. The molecule has 4 aromatic heterocycles. The average Bonchev–Trinajstić information content (AvgIpc) is 3.83. The lowest BCUT2D eigenvalue weighted by Gasteiger charge is -2.37. The van der Waals surface area contributed by atoms with E-state index in [1.165, 1.54) is 0 Å². The molecule has 2 aromatic carbocycles. The highest BCUT2D eigenvalue weighted by atomic mass is 28.3. The van der Waals surface area contributed by atoms with E-state index in [-0.39, 0.29) is 30.1 Å². The van der Waals surface area contributed by atoms with Crippen LogP contribution in [0.3, 0.4) is 0 Å². The Morgan fingerprint density at radius 1 is 0.716 bits per heavy atom. The Balaban J connectivity index is 0.000000200. The van der Waals surface area contributed by atoms with Crippen LogP contribution in [0.25, 0.3) is 54.0 Å². The van der Waals surface area contributed by atoms with Gasteiger partial charge in [-0.3, -0.25) is 4.79 Å². The molecule has 2 saturated carbocycles. The van der Waals surface area contributed by atoms with E-state index >= 15 is 0 Å². The molecule has 0 aliphatic heterocycles. The van der Waals surface area contributed by atoms with Crippen molar-refractivity contribution >= 4 is 67.1 Å². The fourth-order valence-electron chi connectivity index (χ4n) is 8.09. The van der Waals surface area contributed by atoms with Crippen LogP contribution in [0.15, 0.2) is 61.2 Å². The number of benzene rings is 2. The van der Waals surface area contributed by atoms with Gasteiger partial charge in [0.15, 0.2) is 11.4 Å². The van der Waals surface area contributed by atoms with Gasteiger partial charge in [0.05, 0.1) is 24.5 Å². The van der Waals surface area contributed by atoms with Gasteiger partial charge >= 0.3 is 0 Å². The number of nitrogens with zero attached hydrogens (tertiary/aromatic N) is 8. The highest BCUT2D eigenvalue weighted by Crippen LogP contribution is 2.36. The number of hydrogen-bond donors (Lipinski definition) is 4. The first-order valence-electron chi connectivity index (χ1n) is 23.3. The molecule has 0 radical (unpaired) electrons. The summed E-state index contributed by atoms with van der Waals surface area (Å²) in [5.74, 6) is 1.14. The molecule has 0 bridgehead atoms. The van der Waals surface area contributed by atoms with Crippen molar-refractivity contribution in [1.29, 1.82) is 0 Å². The van der Waals surface area contributed by atoms with Crippen LogP contribution < -0.4 is 21.7 Å². The van der Waals surface area contributed by atoms with Gasteiger partial charge in [0.2, 0.25) is 17.8 Å². The minimum atomic E-state index is -1.17. The second-order valence-electron chi connectivity index (χ2n) is 20.4. The van der Waals surface area contributed by atoms with Crippen LogP contribution in [0.5, 0.6) is 0 Å². The van der Waals surface area contributed by atoms with E-state index in [1.54, 1.807) is 6.92 Å². The minimum Gasteiger partial charge on any atom is -0.361 e. The Hall–Kier alpha value is -5.96. The van der Waals surface area contributed by atoms with Crippen LogP contribution in [0.1, 0.15) is 43.7 Å². The number of hydrogen-bond acceptors (Lipinski definition) is 10. The van der Waals surface area contributed by atoms with E-state index in [4.69, 9.17) is 38.3 Å². The number of fused-ring (bicyclic) bond motifs is 2. The summed E-state index contributed by atoms with van der Waals surface area (Å²) in [5, 5.41) is 11.8. The molecule has 0 unspecified atom stereocenters. The Kier molecular flexibility index (Phi) is 15.3. The Morgan fingerprint density at radius 2 is 1.16 bits per heavy atom. The predicted molar refractivity (Wildman–Crippen MR) is 275 cm³/mol. The molecule has 17 heteroatoms. The molecule has 0 spiro atoms. The lowest BCUT2D eigenvalue weighted by molar-refractivity contribution is -0.120. The van der Waals surface area contributed by atoms with Crippen LogP contribution in [-0.2, 0) is 27.7 Å².